The smallest absolute Gasteiger partial charge is 0.225 e. The summed E-state index contributed by atoms with van der Waals surface area (Å²) in [6, 6.07) is 4.65. The number of piperidine rings is 2. The van der Waals surface area contributed by atoms with Gasteiger partial charge in [0.05, 0.1) is 12.0 Å². The minimum atomic E-state index is -0.420. The van der Waals surface area contributed by atoms with Crippen LogP contribution in [0.5, 0.6) is 0 Å². The van der Waals surface area contributed by atoms with E-state index in [4.69, 9.17) is 14.9 Å². The molecule has 0 bridgehead atoms. The number of nitrogens with two attached hydrogens (primary N) is 1. The minimum absolute atomic E-state index is 0.162. The van der Waals surface area contributed by atoms with Gasteiger partial charge >= 0.3 is 0 Å². The molecule has 0 saturated carbocycles. The van der Waals surface area contributed by atoms with E-state index in [9.17, 15) is 4.79 Å². The van der Waals surface area contributed by atoms with Gasteiger partial charge in [0.1, 0.15) is 11.5 Å². The Kier molecular flexibility index (Phi) is 6.37. The number of amides is 1. The van der Waals surface area contributed by atoms with Crippen LogP contribution in [0.2, 0.25) is 0 Å². The topological polar surface area (TPSA) is 71.9 Å². The highest BCUT2D eigenvalue weighted by Gasteiger charge is 2.42. The van der Waals surface area contributed by atoms with Crippen molar-refractivity contribution in [1.29, 1.82) is 0 Å². The molecule has 1 unspecified atom stereocenters. The molecule has 2 fully saturated rings. The molecule has 2 aliphatic heterocycles. The van der Waals surface area contributed by atoms with Gasteiger partial charge in [-0.25, -0.2) is 0 Å². The Balaban J connectivity index is 1.54. The molecule has 1 aromatic rings. The van der Waals surface area contributed by atoms with Crippen LogP contribution in [0, 0.1) is 12.3 Å². The van der Waals surface area contributed by atoms with Gasteiger partial charge in [0.25, 0.3) is 0 Å². The van der Waals surface area contributed by atoms with Crippen molar-refractivity contribution < 1.29 is 13.9 Å². The summed E-state index contributed by atoms with van der Waals surface area (Å²) in [5, 5.41) is 0. The fourth-order valence-corrected chi connectivity index (χ4v) is 4.54. The zero-order valence-electron chi connectivity index (χ0n) is 16.2. The van der Waals surface area contributed by atoms with Gasteiger partial charge in [0.2, 0.25) is 5.91 Å². The van der Waals surface area contributed by atoms with Crippen LogP contribution in [0.1, 0.15) is 43.6 Å². The minimum Gasteiger partial charge on any atom is -0.465 e. The second-order valence-corrected chi connectivity index (χ2v) is 7.98. The molecule has 0 aromatic carbocycles. The third kappa shape index (κ3) is 4.48. The molecule has 0 aliphatic carbocycles. The summed E-state index contributed by atoms with van der Waals surface area (Å²) in [4.78, 5) is 17.2. The predicted molar refractivity (Wildman–Crippen MR) is 101 cm³/mol. The molecule has 1 atom stereocenters. The van der Waals surface area contributed by atoms with E-state index in [0.29, 0.717) is 12.6 Å². The van der Waals surface area contributed by atoms with Gasteiger partial charge in [-0.05, 0) is 57.7 Å². The number of aryl methyl sites for hydroxylation is 1. The number of primary amides is 1. The Hall–Kier alpha value is -1.37. The maximum atomic E-state index is 12.2. The van der Waals surface area contributed by atoms with Crippen LogP contribution in [0.15, 0.2) is 16.5 Å². The van der Waals surface area contributed by atoms with Gasteiger partial charge in [-0.15, -0.1) is 0 Å². The summed E-state index contributed by atoms with van der Waals surface area (Å²) in [6.45, 7) is 7.47. The maximum absolute atomic E-state index is 12.2. The lowest BCUT2D eigenvalue weighted by molar-refractivity contribution is -0.133. The first-order valence-corrected chi connectivity index (χ1v) is 9.83. The molecule has 0 radical (unpaired) electrons. The number of likely N-dealkylation sites (tertiary alicyclic amines) is 2. The number of methoxy groups -OCH3 is 1. The second kappa shape index (κ2) is 8.55. The average Bonchev–Trinajstić information content (AvgIpc) is 3.05. The van der Waals surface area contributed by atoms with E-state index in [0.717, 1.165) is 76.3 Å². The van der Waals surface area contributed by atoms with E-state index in [1.165, 1.54) is 0 Å². The van der Waals surface area contributed by atoms with E-state index < -0.39 is 5.41 Å². The second-order valence-electron chi connectivity index (χ2n) is 7.98. The lowest BCUT2D eigenvalue weighted by Gasteiger charge is -2.46. The van der Waals surface area contributed by atoms with Gasteiger partial charge in [-0.1, -0.05) is 0 Å². The lowest BCUT2D eigenvalue weighted by atomic mass is 9.76. The van der Waals surface area contributed by atoms with Crippen molar-refractivity contribution in [2.45, 2.75) is 51.6 Å². The Bertz CT molecular complexity index is 595. The number of furan rings is 1. The monoisotopic (exact) mass is 363 g/mol. The van der Waals surface area contributed by atoms with E-state index >= 15 is 0 Å². The first-order chi connectivity index (χ1) is 12.5. The lowest BCUT2D eigenvalue weighted by Crippen LogP contribution is -2.55. The molecular weight excluding hydrogens is 330 g/mol. The fourth-order valence-electron chi connectivity index (χ4n) is 4.54. The van der Waals surface area contributed by atoms with Crippen molar-refractivity contribution in [2.75, 3.05) is 39.9 Å². The standard InChI is InChI=1S/C20H33N3O3/c1-16-4-5-18(26-16)14-22-11-6-17(7-12-22)23-10-3-8-20(15-23,19(21)24)9-13-25-2/h4-5,17H,3,6-15H2,1-2H3,(H2,21,24). The SMILES string of the molecule is COCCC1(C(N)=O)CCCN(C2CCN(Cc3ccc(C)o3)CC2)C1. The van der Waals surface area contributed by atoms with Crippen molar-refractivity contribution in [3.8, 4) is 0 Å². The molecule has 2 aliphatic rings. The number of hydrogen-bond acceptors (Lipinski definition) is 5. The summed E-state index contributed by atoms with van der Waals surface area (Å²) in [7, 11) is 1.69. The molecule has 146 valence electrons. The highest BCUT2D eigenvalue weighted by molar-refractivity contribution is 5.81. The van der Waals surface area contributed by atoms with Crippen molar-refractivity contribution in [2.24, 2.45) is 11.1 Å². The van der Waals surface area contributed by atoms with Crippen LogP contribution in [0.3, 0.4) is 0 Å². The Morgan fingerprint density at radius 1 is 1.35 bits per heavy atom. The van der Waals surface area contributed by atoms with Gasteiger partial charge in [-0.2, -0.15) is 0 Å². The van der Waals surface area contributed by atoms with Crippen LogP contribution in [-0.4, -0.2) is 61.6 Å². The third-order valence-electron chi connectivity index (χ3n) is 6.16. The zero-order valence-corrected chi connectivity index (χ0v) is 16.2. The fraction of sp³-hybridized carbons (Fsp3) is 0.750. The number of rotatable bonds is 7. The molecule has 1 amide bonds. The maximum Gasteiger partial charge on any atom is 0.225 e. The summed E-state index contributed by atoms with van der Waals surface area (Å²) >= 11 is 0. The number of ether oxygens (including phenoxy) is 1. The molecule has 1 aromatic heterocycles. The van der Waals surface area contributed by atoms with Crippen molar-refractivity contribution in [1.82, 2.24) is 9.80 Å². The van der Waals surface area contributed by atoms with Crippen LogP contribution in [0.4, 0.5) is 0 Å². The zero-order chi connectivity index (χ0) is 18.6. The Labute approximate surface area is 156 Å². The van der Waals surface area contributed by atoms with Crippen molar-refractivity contribution in [3.63, 3.8) is 0 Å². The molecular formula is C20H33N3O3. The molecule has 0 spiro atoms. The van der Waals surface area contributed by atoms with Crippen molar-refractivity contribution in [3.05, 3.63) is 23.7 Å². The summed E-state index contributed by atoms with van der Waals surface area (Å²) in [5.41, 5.74) is 5.39. The van der Waals surface area contributed by atoms with Gasteiger partial charge in [0, 0.05) is 39.4 Å². The van der Waals surface area contributed by atoms with E-state index in [2.05, 4.69) is 15.9 Å². The van der Waals surface area contributed by atoms with Gasteiger partial charge in [0.15, 0.2) is 0 Å². The Morgan fingerprint density at radius 2 is 2.12 bits per heavy atom. The van der Waals surface area contributed by atoms with E-state index in [1.807, 2.05) is 13.0 Å². The molecule has 3 heterocycles. The first-order valence-electron chi connectivity index (χ1n) is 9.83. The van der Waals surface area contributed by atoms with Gasteiger partial charge < -0.3 is 14.9 Å². The average molecular weight is 364 g/mol. The molecule has 3 rings (SSSR count). The molecule has 26 heavy (non-hydrogen) atoms. The van der Waals surface area contributed by atoms with Crippen LogP contribution in [-0.2, 0) is 16.1 Å². The quantitative estimate of drug-likeness (QED) is 0.804. The first kappa shape index (κ1) is 19.4. The third-order valence-corrected chi connectivity index (χ3v) is 6.16. The van der Waals surface area contributed by atoms with Crippen LogP contribution >= 0.6 is 0 Å². The summed E-state index contributed by atoms with van der Waals surface area (Å²) < 4.78 is 10.9. The number of carbonyl (C=O) groups is 1. The van der Waals surface area contributed by atoms with Crippen LogP contribution in [0.25, 0.3) is 0 Å². The summed E-state index contributed by atoms with van der Waals surface area (Å²) in [5.74, 6) is 1.86. The Morgan fingerprint density at radius 3 is 2.73 bits per heavy atom. The molecule has 2 N–H and O–H groups in total. The summed E-state index contributed by atoms with van der Waals surface area (Å²) in [6.07, 6.45) is 4.93. The predicted octanol–water partition coefficient (Wildman–Crippen LogP) is 2.16. The van der Waals surface area contributed by atoms with Crippen LogP contribution < -0.4 is 5.73 Å². The largest absolute Gasteiger partial charge is 0.465 e. The molecule has 6 nitrogen and oxygen atoms in total. The van der Waals surface area contributed by atoms with Gasteiger partial charge in [-0.3, -0.25) is 14.6 Å². The number of nitrogens with zero attached hydrogens (tertiary/aromatic N) is 2. The van der Waals surface area contributed by atoms with Crippen molar-refractivity contribution >= 4 is 5.91 Å². The molecule has 6 heteroatoms. The van der Waals surface area contributed by atoms with E-state index in [1.54, 1.807) is 7.11 Å². The molecule has 2 saturated heterocycles. The normalized spacial score (nSPS) is 26.2. The number of hydrogen-bond donors (Lipinski definition) is 1. The number of carbonyl (C=O) groups excluding carboxylic acids is 1. The van der Waals surface area contributed by atoms with E-state index in [-0.39, 0.29) is 5.91 Å². The highest BCUT2D eigenvalue weighted by Crippen LogP contribution is 2.35. The highest BCUT2D eigenvalue weighted by atomic mass is 16.5.